The molecule has 1 aromatic rings. The molecule has 1 aliphatic rings. The van der Waals surface area contributed by atoms with E-state index in [1.807, 2.05) is 30.3 Å². The third kappa shape index (κ3) is 5.10. The standard InChI is InChI=1S/C16H21NO4/c1-12(15(18)21-14-9-5-6-10-14)17-16(19)20-11-13-7-3-2-4-8-13/h2-4,7-8,12,14H,5-6,9-11H2,1H3,(H,17,19)/t12-/m0/s1. The van der Waals surface area contributed by atoms with Crippen LogP contribution in [0.4, 0.5) is 4.79 Å². The van der Waals surface area contributed by atoms with E-state index in [-0.39, 0.29) is 12.7 Å². The van der Waals surface area contributed by atoms with E-state index < -0.39 is 18.1 Å². The monoisotopic (exact) mass is 291 g/mol. The van der Waals surface area contributed by atoms with E-state index in [0.29, 0.717) is 0 Å². The van der Waals surface area contributed by atoms with E-state index in [2.05, 4.69) is 5.32 Å². The summed E-state index contributed by atoms with van der Waals surface area (Å²) in [5.41, 5.74) is 0.897. The molecule has 1 aromatic carbocycles. The summed E-state index contributed by atoms with van der Waals surface area (Å²) in [5.74, 6) is -0.404. The second-order valence-electron chi connectivity index (χ2n) is 5.27. The first-order chi connectivity index (χ1) is 10.1. The minimum Gasteiger partial charge on any atom is -0.461 e. The summed E-state index contributed by atoms with van der Waals surface area (Å²) in [7, 11) is 0. The summed E-state index contributed by atoms with van der Waals surface area (Å²) in [6.45, 7) is 1.78. The Kier molecular flexibility index (Phi) is 5.60. The van der Waals surface area contributed by atoms with Crippen molar-refractivity contribution < 1.29 is 19.1 Å². The van der Waals surface area contributed by atoms with Gasteiger partial charge in [0.2, 0.25) is 0 Å². The molecule has 2 rings (SSSR count). The van der Waals surface area contributed by atoms with Crippen molar-refractivity contribution in [2.24, 2.45) is 0 Å². The van der Waals surface area contributed by atoms with Gasteiger partial charge in [0.15, 0.2) is 0 Å². The molecule has 114 valence electrons. The van der Waals surface area contributed by atoms with Crippen LogP contribution in [0, 0.1) is 0 Å². The van der Waals surface area contributed by atoms with Crippen molar-refractivity contribution >= 4 is 12.1 Å². The second kappa shape index (κ2) is 7.67. The quantitative estimate of drug-likeness (QED) is 0.847. The van der Waals surface area contributed by atoms with Gasteiger partial charge >= 0.3 is 12.1 Å². The SMILES string of the molecule is C[C@H](NC(=O)OCc1ccccc1)C(=O)OC1CCCC1. The van der Waals surface area contributed by atoms with Gasteiger partial charge in [-0.05, 0) is 38.2 Å². The van der Waals surface area contributed by atoms with E-state index in [4.69, 9.17) is 9.47 Å². The van der Waals surface area contributed by atoms with Crippen LogP contribution >= 0.6 is 0 Å². The number of alkyl carbamates (subject to hydrolysis) is 1. The topological polar surface area (TPSA) is 64.6 Å². The van der Waals surface area contributed by atoms with E-state index >= 15 is 0 Å². The number of benzene rings is 1. The summed E-state index contributed by atoms with van der Waals surface area (Å²) in [4.78, 5) is 23.4. The van der Waals surface area contributed by atoms with Crippen molar-refractivity contribution in [3.05, 3.63) is 35.9 Å². The molecule has 0 saturated heterocycles. The summed E-state index contributed by atoms with van der Waals surface area (Å²) in [6, 6.07) is 8.67. The van der Waals surface area contributed by atoms with Gasteiger partial charge in [-0.3, -0.25) is 0 Å². The Morgan fingerprint density at radius 3 is 2.57 bits per heavy atom. The number of hydrogen-bond acceptors (Lipinski definition) is 4. The molecule has 1 aliphatic carbocycles. The van der Waals surface area contributed by atoms with Crippen molar-refractivity contribution in [1.82, 2.24) is 5.32 Å². The third-order valence-corrected chi connectivity index (χ3v) is 3.49. The molecule has 0 radical (unpaired) electrons. The average molecular weight is 291 g/mol. The molecule has 1 N–H and O–H groups in total. The number of carbonyl (C=O) groups is 2. The Hall–Kier alpha value is -2.04. The normalized spacial score (nSPS) is 16.2. The van der Waals surface area contributed by atoms with E-state index in [0.717, 1.165) is 31.2 Å². The molecule has 0 unspecified atom stereocenters. The number of amides is 1. The molecule has 0 aromatic heterocycles. The molecule has 0 spiro atoms. The Morgan fingerprint density at radius 1 is 1.24 bits per heavy atom. The lowest BCUT2D eigenvalue weighted by atomic mass is 10.2. The van der Waals surface area contributed by atoms with Crippen LogP contribution in [0.25, 0.3) is 0 Å². The molecular weight excluding hydrogens is 270 g/mol. The van der Waals surface area contributed by atoms with Gasteiger partial charge in [-0.2, -0.15) is 0 Å². The summed E-state index contributed by atoms with van der Waals surface area (Å²) in [5, 5.41) is 2.49. The molecule has 0 aliphatic heterocycles. The van der Waals surface area contributed by atoms with E-state index in [1.54, 1.807) is 6.92 Å². The number of rotatable bonds is 5. The van der Waals surface area contributed by atoms with Crippen LogP contribution in [0.5, 0.6) is 0 Å². The van der Waals surface area contributed by atoms with Crippen molar-refractivity contribution in [3.8, 4) is 0 Å². The molecule has 0 bridgehead atoms. The van der Waals surface area contributed by atoms with Crippen molar-refractivity contribution in [2.45, 2.75) is 51.4 Å². The minimum absolute atomic E-state index is 0.00193. The molecule has 1 fully saturated rings. The Balaban J connectivity index is 1.69. The lowest BCUT2D eigenvalue weighted by Gasteiger charge is -2.16. The lowest BCUT2D eigenvalue weighted by molar-refractivity contribution is -0.150. The lowest BCUT2D eigenvalue weighted by Crippen LogP contribution is -2.40. The number of nitrogens with one attached hydrogen (secondary N) is 1. The van der Waals surface area contributed by atoms with Crippen molar-refractivity contribution in [1.29, 1.82) is 0 Å². The first-order valence-electron chi connectivity index (χ1n) is 7.33. The minimum atomic E-state index is -0.700. The number of esters is 1. The van der Waals surface area contributed by atoms with Crippen LogP contribution in [0.3, 0.4) is 0 Å². The van der Waals surface area contributed by atoms with Crippen molar-refractivity contribution in [3.63, 3.8) is 0 Å². The summed E-state index contributed by atoms with van der Waals surface area (Å²) < 4.78 is 10.4. The van der Waals surface area contributed by atoms with Gasteiger partial charge in [0, 0.05) is 0 Å². The molecule has 1 amide bonds. The van der Waals surface area contributed by atoms with Crippen LogP contribution in [0.1, 0.15) is 38.2 Å². The molecule has 21 heavy (non-hydrogen) atoms. The molecule has 1 atom stereocenters. The van der Waals surface area contributed by atoms with Crippen LogP contribution < -0.4 is 5.32 Å². The van der Waals surface area contributed by atoms with Gasteiger partial charge in [-0.1, -0.05) is 30.3 Å². The summed E-state index contributed by atoms with van der Waals surface area (Å²) >= 11 is 0. The third-order valence-electron chi connectivity index (χ3n) is 3.49. The number of hydrogen-bond donors (Lipinski definition) is 1. The first-order valence-corrected chi connectivity index (χ1v) is 7.33. The largest absolute Gasteiger partial charge is 0.461 e. The van der Waals surface area contributed by atoms with Crippen molar-refractivity contribution in [2.75, 3.05) is 0 Å². The Morgan fingerprint density at radius 2 is 1.90 bits per heavy atom. The van der Waals surface area contributed by atoms with Gasteiger partial charge in [-0.15, -0.1) is 0 Å². The maximum Gasteiger partial charge on any atom is 0.408 e. The van der Waals surface area contributed by atoms with Gasteiger partial charge in [-0.25, -0.2) is 9.59 Å². The zero-order valence-corrected chi connectivity index (χ0v) is 12.2. The van der Waals surface area contributed by atoms with Gasteiger partial charge < -0.3 is 14.8 Å². The van der Waals surface area contributed by atoms with E-state index in [1.165, 1.54) is 0 Å². The smallest absolute Gasteiger partial charge is 0.408 e. The maximum atomic E-state index is 11.8. The maximum absolute atomic E-state index is 11.8. The highest BCUT2D eigenvalue weighted by atomic mass is 16.6. The van der Waals surface area contributed by atoms with Crippen LogP contribution in [-0.2, 0) is 20.9 Å². The Labute approximate surface area is 124 Å². The predicted molar refractivity (Wildman–Crippen MR) is 77.6 cm³/mol. The zero-order valence-electron chi connectivity index (χ0n) is 12.2. The van der Waals surface area contributed by atoms with Crippen LogP contribution in [0.15, 0.2) is 30.3 Å². The second-order valence-corrected chi connectivity index (χ2v) is 5.27. The molecule has 5 heteroatoms. The van der Waals surface area contributed by atoms with Gasteiger partial charge in [0.25, 0.3) is 0 Å². The van der Waals surface area contributed by atoms with Crippen LogP contribution in [0.2, 0.25) is 0 Å². The average Bonchev–Trinajstić information content (AvgIpc) is 2.99. The zero-order chi connectivity index (χ0) is 15.1. The van der Waals surface area contributed by atoms with Crippen LogP contribution in [-0.4, -0.2) is 24.2 Å². The predicted octanol–water partition coefficient (Wildman–Crippen LogP) is 2.79. The Bertz CT molecular complexity index is 468. The van der Waals surface area contributed by atoms with Gasteiger partial charge in [0.05, 0.1) is 0 Å². The molecule has 5 nitrogen and oxygen atoms in total. The highest BCUT2D eigenvalue weighted by molar-refractivity contribution is 5.81. The van der Waals surface area contributed by atoms with E-state index in [9.17, 15) is 9.59 Å². The fourth-order valence-electron chi connectivity index (χ4n) is 2.27. The fraction of sp³-hybridized carbons (Fsp3) is 0.500. The number of ether oxygens (including phenoxy) is 2. The fourth-order valence-corrected chi connectivity index (χ4v) is 2.27. The highest BCUT2D eigenvalue weighted by Gasteiger charge is 2.24. The highest BCUT2D eigenvalue weighted by Crippen LogP contribution is 2.21. The molecule has 0 heterocycles. The molecular formula is C16H21NO4. The summed E-state index contributed by atoms with van der Waals surface area (Å²) in [6.07, 6.45) is 3.41. The first kappa shape index (κ1) is 15.4. The van der Waals surface area contributed by atoms with Gasteiger partial charge in [0.1, 0.15) is 18.8 Å². The molecule has 1 saturated carbocycles. The number of carbonyl (C=O) groups excluding carboxylic acids is 2.